The maximum Gasteiger partial charge on any atom is 0.271 e. The Morgan fingerprint density at radius 2 is 1.72 bits per heavy atom. The number of benzene rings is 2. The molecule has 7 heteroatoms. The normalized spacial score (nSPS) is 12.7. The fourth-order valence-electron chi connectivity index (χ4n) is 2.31. The van der Waals surface area contributed by atoms with Gasteiger partial charge in [-0.15, -0.1) is 0 Å². The van der Waals surface area contributed by atoms with Crippen molar-refractivity contribution in [2.45, 2.75) is 0 Å². The van der Waals surface area contributed by atoms with Gasteiger partial charge in [0, 0.05) is 11.6 Å². The van der Waals surface area contributed by atoms with E-state index in [-0.39, 0.29) is 5.91 Å². The molecule has 0 saturated carbocycles. The minimum atomic E-state index is -0.369. The highest BCUT2D eigenvalue weighted by Gasteiger charge is 2.11. The van der Waals surface area contributed by atoms with E-state index < -0.39 is 0 Å². The monoisotopic (exact) mass is 342 g/mol. The van der Waals surface area contributed by atoms with Gasteiger partial charge >= 0.3 is 0 Å². The SMILES string of the molecule is COc1cc(OC)cc(C(=O)NN=Cc2ccc3c(c2)OCCO3)c1. The molecule has 0 saturated heterocycles. The van der Waals surface area contributed by atoms with Crippen molar-refractivity contribution in [2.24, 2.45) is 5.10 Å². The van der Waals surface area contributed by atoms with Crippen molar-refractivity contribution in [1.82, 2.24) is 5.43 Å². The summed E-state index contributed by atoms with van der Waals surface area (Å²) in [5, 5.41) is 3.98. The molecule has 0 radical (unpaired) electrons. The van der Waals surface area contributed by atoms with Gasteiger partial charge in [-0.25, -0.2) is 5.43 Å². The molecule has 7 nitrogen and oxygen atoms in total. The van der Waals surface area contributed by atoms with Crippen molar-refractivity contribution >= 4 is 12.1 Å². The van der Waals surface area contributed by atoms with Crippen LogP contribution in [0, 0.1) is 0 Å². The molecule has 3 rings (SSSR count). The van der Waals surface area contributed by atoms with Crippen molar-refractivity contribution in [1.29, 1.82) is 0 Å². The lowest BCUT2D eigenvalue weighted by Crippen LogP contribution is -2.18. The molecule has 1 aliphatic rings. The molecule has 0 spiro atoms. The number of carbonyl (C=O) groups excluding carboxylic acids is 1. The molecule has 25 heavy (non-hydrogen) atoms. The second kappa shape index (κ2) is 7.57. The van der Waals surface area contributed by atoms with Gasteiger partial charge in [0.1, 0.15) is 24.7 Å². The van der Waals surface area contributed by atoms with E-state index in [1.165, 1.54) is 20.4 Å². The van der Waals surface area contributed by atoms with Crippen molar-refractivity contribution in [3.05, 3.63) is 47.5 Å². The van der Waals surface area contributed by atoms with Gasteiger partial charge in [0.05, 0.1) is 20.4 Å². The van der Waals surface area contributed by atoms with Crippen LogP contribution in [0.15, 0.2) is 41.5 Å². The van der Waals surface area contributed by atoms with E-state index in [0.29, 0.717) is 41.8 Å². The number of hydrogen-bond acceptors (Lipinski definition) is 6. The lowest BCUT2D eigenvalue weighted by Gasteiger charge is -2.18. The Hall–Kier alpha value is -3.22. The fourth-order valence-corrected chi connectivity index (χ4v) is 2.31. The molecule has 1 N–H and O–H groups in total. The summed E-state index contributed by atoms with van der Waals surface area (Å²) in [6.45, 7) is 1.06. The predicted octanol–water partition coefficient (Wildman–Crippen LogP) is 2.24. The summed E-state index contributed by atoms with van der Waals surface area (Å²) in [5.41, 5.74) is 3.65. The zero-order valence-corrected chi connectivity index (χ0v) is 13.9. The van der Waals surface area contributed by atoms with E-state index in [0.717, 1.165) is 5.56 Å². The van der Waals surface area contributed by atoms with Gasteiger partial charge in [-0.05, 0) is 35.9 Å². The fraction of sp³-hybridized carbons (Fsp3) is 0.222. The second-order valence-corrected chi connectivity index (χ2v) is 5.20. The van der Waals surface area contributed by atoms with Crippen LogP contribution in [0.2, 0.25) is 0 Å². The Morgan fingerprint density at radius 1 is 1.04 bits per heavy atom. The molecule has 0 unspecified atom stereocenters. The molecule has 0 fully saturated rings. The highest BCUT2D eigenvalue weighted by molar-refractivity contribution is 5.95. The number of hydrogen-bond donors (Lipinski definition) is 1. The van der Waals surface area contributed by atoms with E-state index in [2.05, 4.69) is 10.5 Å². The van der Waals surface area contributed by atoms with Gasteiger partial charge < -0.3 is 18.9 Å². The molecule has 2 aromatic rings. The average Bonchev–Trinajstić information content (AvgIpc) is 2.67. The van der Waals surface area contributed by atoms with Gasteiger partial charge in [-0.1, -0.05) is 0 Å². The third kappa shape index (κ3) is 4.00. The highest BCUT2D eigenvalue weighted by atomic mass is 16.6. The Morgan fingerprint density at radius 3 is 2.40 bits per heavy atom. The Bertz CT molecular complexity index is 782. The third-order valence-electron chi connectivity index (χ3n) is 3.56. The number of carbonyl (C=O) groups is 1. The van der Waals surface area contributed by atoms with Gasteiger partial charge in [-0.3, -0.25) is 4.79 Å². The van der Waals surface area contributed by atoms with Crippen LogP contribution in [0.5, 0.6) is 23.0 Å². The summed E-state index contributed by atoms with van der Waals surface area (Å²) < 4.78 is 21.3. The van der Waals surface area contributed by atoms with Crippen LogP contribution in [0.25, 0.3) is 0 Å². The Kier molecular flexibility index (Phi) is 5.03. The number of ether oxygens (including phenoxy) is 4. The smallest absolute Gasteiger partial charge is 0.271 e. The van der Waals surface area contributed by atoms with E-state index in [9.17, 15) is 4.79 Å². The van der Waals surface area contributed by atoms with Crippen LogP contribution in [-0.2, 0) is 0 Å². The highest BCUT2D eigenvalue weighted by Crippen LogP contribution is 2.30. The molecular weight excluding hydrogens is 324 g/mol. The van der Waals surface area contributed by atoms with Gasteiger partial charge in [0.25, 0.3) is 5.91 Å². The minimum absolute atomic E-state index is 0.369. The number of fused-ring (bicyclic) bond motifs is 1. The van der Waals surface area contributed by atoms with Crippen LogP contribution in [-0.4, -0.2) is 39.6 Å². The van der Waals surface area contributed by atoms with E-state index in [4.69, 9.17) is 18.9 Å². The molecule has 0 atom stereocenters. The first-order chi connectivity index (χ1) is 12.2. The van der Waals surface area contributed by atoms with Crippen molar-refractivity contribution in [3.63, 3.8) is 0 Å². The number of nitrogens with zero attached hydrogens (tertiary/aromatic N) is 1. The average molecular weight is 342 g/mol. The van der Waals surface area contributed by atoms with E-state index in [1.807, 2.05) is 12.1 Å². The summed E-state index contributed by atoms with van der Waals surface area (Å²) in [7, 11) is 3.05. The molecule has 1 amide bonds. The predicted molar refractivity (Wildman–Crippen MR) is 92.0 cm³/mol. The number of nitrogens with one attached hydrogen (secondary N) is 1. The number of hydrazone groups is 1. The Labute approximate surface area is 145 Å². The maximum atomic E-state index is 12.2. The first-order valence-electron chi connectivity index (χ1n) is 7.66. The second-order valence-electron chi connectivity index (χ2n) is 5.20. The molecule has 1 heterocycles. The van der Waals surface area contributed by atoms with Crippen LogP contribution >= 0.6 is 0 Å². The first kappa shape index (κ1) is 16.6. The molecule has 0 aliphatic carbocycles. The van der Waals surface area contributed by atoms with Crippen molar-refractivity contribution in [3.8, 4) is 23.0 Å². The van der Waals surface area contributed by atoms with Gasteiger partial charge in [0.2, 0.25) is 0 Å². The summed E-state index contributed by atoms with van der Waals surface area (Å²) in [5.74, 6) is 2.06. The third-order valence-corrected chi connectivity index (χ3v) is 3.56. The summed E-state index contributed by atoms with van der Waals surface area (Å²) in [6.07, 6.45) is 1.54. The lowest BCUT2D eigenvalue weighted by atomic mass is 10.2. The summed E-state index contributed by atoms with van der Waals surface area (Å²) >= 11 is 0. The van der Waals surface area contributed by atoms with Gasteiger partial charge in [0.15, 0.2) is 11.5 Å². The van der Waals surface area contributed by atoms with Crippen molar-refractivity contribution < 1.29 is 23.7 Å². The summed E-state index contributed by atoms with van der Waals surface area (Å²) in [4.78, 5) is 12.2. The minimum Gasteiger partial charge on any atom is -0.497 e. The zero-order chi connectivity index (χ0) is 17.6. The number of rotatable bonds is 5. The molecular formula is C18H18N2O5. The lowest BCUT2D eigenvalue weighted by molar-refractivity contribution is 0.0954. The number of methoxy groups -OCH3 is 2. The molecule has 0 bridgehead atoms. The van der Waals surface area contributed by atoms with Gasteiger partial charge in [-0.2, -0.15) is 5.10 Å². The topological polar surface area (TPSA) is 78.4 Å². The van der Waals surface area contributed by atoms with Crippen molar-refractivity contribution in [2.75, 3.05) is 27.4 Å². The van der Waals surface area contributed by atoms with Crippen LogP contribution < -0.4 is 24.4 Å². The molecule has 1 aliphatic heterocycles. The standard InChI is InChI=1S/C18H18N2O5/c1-22-14-8-13(9-15(10-14)23-2)18(21)20-19-11-12-3-4-16-17(7-12)25-6-5-24-16/h3-4,7-11H,5-6H2,1-2H3,(H,20,21). The van der Waals surface area contributed by atoms with Crippen LogP contribution in [0.4, 0.5) is 0 Å². The van der Waals surface area contributed by atoms with Crippen LogP contribution in [0.3, 0.4) is 0 Å². The molecule has 130 valence electrons. The molecule has 2 aromatic carbocycles. The Balaban J connectivity index is 1.68. The first-order valence-corrected chi connectivity index (χ1v) is 7.66. The number of amides is 1. The van der Waals surface area contributed by atoms with E-state index >= 15 is 0 Å². The summed E-state index contributed by atoms with van der Waals surface area (Å²) in [6, 6.07) is 10.4. The largest absolute Gasteiger partial charge is 0.497 e. The van der Waals surface area contributed by atoms with Crippen LogP contribution in [0.1, 0.15) is 15.9 Å². The zero-order valence-electron chi connectivity index (χ0n) is 13.9. The molecule has 0 aromatic heterocycles. The quantitative estimate of drug-likeness (QED) is 0.666. The van der Waals surface area contributed by atoms with E-state index in [1.54, 1.807) is 24.3 Å². The maximum absolute atomic E-state index is 12.2.